The summed E-state index contributed by atoms with van der Waals surface area (Å²) in [7, 11) is 1.29. The molecule has 2 nitrogen and oxygen atoms in total. The van der Waals surface area contributed by atoms with Gasteiger partial charge in [-0.2, -0.15) is 13.2 Å². The van der Waals surface area contributed by atoms with Gasteiger partial charge in [-0.3, -0.25) is 5.41 Å². The maximum atomic E-state index is 12.0. The van der Waals surface area contributed by atoms with E-state index in [-0.39, 0.29) is 10.9 Å². The number of thioether (sulfide) groups is 1. The molecule has 0 aromatic carbocycles. The second-order valence-electron chi connectivity index (χ2n) is 2.28. The minimum absolute atomic E-state index is 0.00711. The van der Waals surface area contributed by atoms with Crippen LogP contribution in [-0.2, 0) is 0 Å². The third-order valence-electron chi connectivity index (χ3n) is 1.54. The average molecular weight is 184 g/mol. The van der Waals surface area contributed by atoms with E-state index < -0.39 is 12.2 Å². The van der Waals surface area contributed by atoms with Gasteiger partial charge in [0.05, 0.1) is 0 Å². The molecule has 0 saturated carbocycles. The highest BCUT2D eigenvalue weighted by Gasteiger charge is 2.46. The summed E-state index contributed by atoms with van der Waals surface area (Å²) in [5, 5.41) is 7.05. The van der Waals surface area contributed by atoms with Gasteiger partial charge in [-0.25, -0.2) is 0 Å². The molecule has 1 heterocycles. The second kappa shape index (κ2) is 2.58. The van der Waals surface area contributed by atoms with E-state index in [9.17, 15) is 13.2 Å². The van der Waals surface area contributed by atoms with Crippen LogP contribution in [0.25, 0.3) is 0 Å². The lowest BCUT2D eigenvalue weighted by atomic mass is 10.3. The predicted octanol–water partition coefficient (Wildman–Crippen LogP) is 1.53. The molecule has 0 radical (unpaired) electrons. The fraction of sp³-hybridized carbons (Fsp3) is 0.800. The van der Waals surface area contributed by atoms with Crippen molar-refractivity contribution in [2.45, 2.75) is 12.2 Å². The van der Waals surface area contributed by atoms with E-state index in [2.05, 4.69) is 0 Å². The number of alkyl halides is 3. The third-order valence-corrected chi connectivity index (χ3v) is 2.59. The van der Waals surface area contributed by atoms with Crippen LogP contribution in [0.2, 0.25) is 0 Å². The van der Waals surface area contributed by atoms with E-state index in [0.717, 1.165) is 16.7 Å². The zero-order valence-electron chi connectivity index (χ0n) is 5.77. The maximum Gasteiger partial charge on any atom is 0.409 e. The Bertz CT molecular complexity index is 179. The Balaban J connectivity index is 2.70. The van der Waals surface area contributed by atoms with Crippen molar-refractivity contribution >= 4 is 16.9 Å². The number of nitrogens with zero attached hydrogens (tertiary/aromatic N) is 1. The van der Waals surface area contributed by atoms with Gasteiger partial charge in [0.15, 0.2) is 5.17 Å². The lowest BCUT2D eigenvalue weighted by Gasteiger charge is -2.22. The molecule has 1 aliphatic rings. The van der Waals surface area contributed by atoms with Crippen LogP contribution < -0.4 is 0 Å². The maximum absolute atomic E-state index is 12.0. The van der Waals surface area contributed by atoms with Crippen LogP contribution in [0.15, 0.2) is 0 Å². The molecular weight excluding hydrogens is 177 g/mol. The van der Waals surface area contributed by atoms with Gasteiger partial charge in [-0.1, -0.05) is 11.8 Å². The van der Waals surface area contributed by atoms with Crippen molar-refractivity contribution in [1.29, 1.82) is 5.41 Å². The van der Waals surface area contributed by atoms with Crippen molar-refractivity contribution < 1.29 is 13.2 Å². The summed E-state index contributed by atoms with van der Waals surface area (Å²) in [6, 6.07) is -1.47. The minimum atomic E-state index is -4.20. The quantitative estimate of drug-likeness (QED) is 0.618. The van der Waals surface area contributed by atoms with Gasteiger partial charge in [0, 0.05) is 12.8 Å². The molecule has 0 amide bonds. The van der Waals surface area contributed by atoms with Crippen LogP contribution in [0.1, 0.15) is 0 Å². The van der Waals surface area contributed by atoms with Crippen molar-refractivity contribution in [2.75, 3.05) is 12.8 Å². The molecule has 1 N–H and O–H groups in total. The van der Waals surface area contributed by atoms with Gasteiger partial charge in [0.1, 0.15) is 6.04 Å². The first-order valence-electron chi connectivity index (χ1n) is 2.94. The fourth-order valence-corrected chi connectivity index (χ4v) is 1.89. The number of rotatable bonds is 0. The average Bonchev–Trinajstić information content (AvgIpc) is 2.11. The molecule has 0 aromatic rings. The Labute approximate surface area is 66.3 Å². The van der Waals surface area contributed by atoms with Gasteiger partial charge in [0.2, 0.25) is 0 Å². The van der Waals surface area contributed by atoms with Crippen LogP contribution >= 0.6 is 11.8 Å². The summed E-state index contributed by atoms with van der Waals surface area (Å²) in [5.41, 5.74) is 0. The highest BCUT2D eigenvalue weighted by molar-refractivity contribution is 8.14. The third kappa shape index (κ3) is 1.61. The Morgan fingerprint density at radius 3 is 2.36 bits per heavy atom. The lowest BCUT2D eigenvalue weighted by Crippen LogP contribution is -2.41. The van der Waals surface area contributed by atoms with Crippen molar-refractivity contribution in [3.63, 3.8) is 0 Å². The Morgan fingerprint density at radius 2 is 2.18 bits per heavy atom. The zero-order valence-corrected chi connectivity index (χ0v) is 6.59. The Kier molecular flexibility index (Phi) is 2.04. The number of nitrogens with one attached hydrogen (secondary N) is 1. The highest BCUT2D eigenvalue weighted by Crippen LogP contribution is 2.33. The molecule has 1 aliphatic heterocycles. The molecule has 0 aliphatic carbocycles. The van der Waals surface area contributed by atoms with Gasteiger partial charge >= 0.3 is 6.18 Å². The van der Waals surface area contributed by atoms with Crippen molar-refractivity contribution in [1.82, 2.24) is 4.90 Å². The first-order chi connectivity index (χ1) is 4.93. The molecule has 0 aromatic heterocycles. The summed E-state index contributed by atoms with van der Waals surface area (Å²) < 4.78 is 36.1. The summed E-state index contributed by atoms with van der Waals surface area (Å²) in [6.45, 7) is 0. The van der Waals surface area contributed by atoms with E-state index in [0.29, 0.717) is 0 Å². The van der Waals surface area contributed by atoms with E-state index in [1.807, 2.05) is 0 Å². The monoisotopic (exact) mass is 184 g/mol. The topological polar surface area (TPSA) is 27.1 Å². The van der Waals surface area contributed by atoms with E-state index in [1.165, 1.54) is 7.05 Å². The first kappa shape index (κ1) is 8.70. The molecule has 6 heteroatoms. The van der Waals surface area contributed by atoms with Crippen LogP contribution in [0, 0.1) is 5.41 Å². The molecule has 1 fully saturated rings. The molecule has 0 bridgehead atoms. The fourth-order valence-electron chi connectivity index (χ4n) is 0.827. The van der Waals surface area contributed by atoms with E-state index >= 15 is 0 Å². The molecular formula is C5H7F3N2S. The smallest absolute Gasteiger partial charge is 0.342 e. The van der Waals surface area contributed by atoms with Crippen molar-refractivity contribution in [3.05, 3.63) is 0 Å². The standard InChI is InChI=1S/C5H7F3N2S/c1-10-3(5(6,7)8)2-11-4(10)9/h3,9H,2H2,1H3. The van der Waals surface area contributed by atoms with Crippen LogP contribution in [0.5, 0.6) is 0 Å². The van der Waals surface area contributed by atoms with Gasteiger partial charge < -0.3 is 4.90 Å². The minimum Gasteiger partial charge on any atom is -0.342 e. The largest absolute Gasteiger partial charge is 0.409 e. The molecule has 1 atom stereocenters. The van der Waals surface area contributed by atoms with Gasteiger partial charge in [-0.15, -0.1) is 0 Å². The number of hydrogen-bond acceptors (Lipinski definition) is 2. The summed E-state index contributed by atoms with van der Waals surface area (Å²) in [4.78, 5) is 0.949. The van der Waals surface area contributed by atoms with Crippen molar-refractivity contribution in [3.8, 4) is 0 Å². The Morgan fingerprint density at radius 1 is 1.64 bits per heavy atom. The molecule has 1 rings (SSSR count). The second-order valence-corrected chi connectivity index (χ2v) is 3.29. The normalized spacial score (nSPS) is 26.4. The summed E-state index contributed by atoms with van der Waals surface area (Å²) in [6.07, 6.45) is -4.20. The summed E-state index contributed by atoms with van der Waals surface area (Å²) in [5.74, 6) is -0.0567. The molecule has 1 saturated heterocycles. The predicted molar refractivity (Wildman–Crippen MR) is 37.8 cm³/mol. The van der Waals surface area contributed by atoms with Crippen LogP contribution in [0.3, 0.4) is 0 Å². The van der Waals surface area contributed by atoms with Gasteiger partial charge in [-0.05, 0) is 0 Å². The van der Waals surface area contributed by atoms with E-state index in [4.69, 9.17) is 5.41 Å². The van der Waals surface area contributed by atoms with Crippen molar-refractivity contribution in [2.24, 2.45) is 0 Å². The van der Waals surface area contributed by atoms with E-state index in [1.54, 1.807) is 0 Å². The Hall–Kier alpha value is -0.390. The molecule has 11 heavy (non-hydrogen) atoms. The zero-order chi connectivity index (χ0) is 8.65. The van der Waals surface area contributed by atoms with Crippen LogP contribution in [0.4, 0.5) is 13.2 Å². The van der Waals surface area contributed by atoms with Crippen LogP contribution in [-0.4, -0.2) is 35.1 Å². The first-order valence-corrected chi connectivity index (χ1v) is 3.92. The highest BCUT2D eigenvalue weighted by atomic mass is 32.2. The molecule has 0 spiro atoms. The number of halogens is 3. The lowest BCUT2D eigenvalue weighted by molar-refractivity contribution is -0.163. The summed E-state index contributed by atoms with van der Waals surface area (Å²) >= 11 is 0.930. The number of hydrogen-bond donors (Lipinski definition) is 1. The molecule has 64 valence electrons. The SMILES string of the molecule is CN1C(=N)SCC1C(F)(F)F. The number of amidine groups is 1. The van der Waals surface area contributed by atoms with Gasteiger partial charge in [0.25, 0.3) is 0 Å². The molecule has 1 unspecified atom stereocenters.